The van der Waals surface area contributed by atoms with Gasteiger partial charge >= 0.3 is 5.97 Å². The molecule has 0 saturated heterocycles. The summed E-state index contributed by atoms with van der Waals surface area (Å²) in [6.45, 7) is 2.21. The molecule has 1 aromatic carbocycles. The van der Waals surface area contributed by atoms with Crippen LogP contribution in [0.3, 0.4) is 0 Å². The van der Waals surface area contributed by atoms with Crippen molar-refractivity contribution in [2.24, 2.45) is 11.7 Å². The van der Waals surface area contributed by atoms with Crippen LogP contribution in [0.5, 0.6) is 0 Å². The van der Waals surface area contributed by atoms with E-state index < -0.39 is 5.97 Å². The van der Waals surface area contributed by atoms with E-state index >= 15 is 0 Å². The Hall–Kier alpha value is -2.30. The summed E-state index contributed by atoms with van der Waals surface area (Å²) in [6.07, 6.45) is 1.76. The Kier molecular flexibility index (Phi) is 3.55. The summed E-state index contributed by atoms with van der Waals surface area (Å²) in [7, 11) is 0. The van der Waals surface area contributed by atoms with E-state index in [9.17, 15) is 9.59 Å². The van der Waals surface area contributed by atoms with Gasteiger partial charge in [-0.1, -0.05) is 25.1 Å². The minimum Gasteiger partial charge on any atom is -0.481 e. The lowest BCUT2D eigenvalue weighted by atomic mass is 10.1. The molecule has 5 nitrogen and oxygen atoms in total. The molecule has 0 aliphatic rings. The number of fused-ring (bicyclic) bond motifs is 1. The van der Waals surface area contributed by atoms with Crippen LogP contribution in [0.4, 0.5) is 0 Å². The average Bonchev–Trinajstić information content (AvgIpc) is 2.67. The van der Waals surface area contributed by atoms with E-state index in [1.807, 2.05) is 28.8 Å². The molecule has 5 heteroatoms. The monoisotopic (exact) mass is 260 g/mol. The third-order valence-corrected chi connectivity index (χ3v) is 3.17. The molecule has 0 spiro atoms. The number of rotatable bonds is 5. The second-order valence-electron chi connectivity index (χ2n) is 4.70. The standard InChI is InChI=1S/C14H16N2O3/c1-9(14(15)19)7-16-8-10(6-13(17)18)11-4-2-3-5-12(11)16/h2-5,8-9H,6-7H2,1H3,(H2,15,19)(H,17,18). The first-order valence-electron chi connectivity index (χ1n) is 6.07. The van der Waals surface area contributed by atoms with E-state index in [-0.39, 0.29) is 18.2 Å². The van der Waals surface area contributed by atoms with Crippen molar-refractivity contribution in [3.8, 4) is 0 Å². The zero-order valence-corrected chi connectivity index (χ0v) is 10.7. The molecule has 19 heavy (non-hydrogen) atoms. The molecule has 0 aliphatic heterocycles. The second kappa shape index (κ2) is 5.14. The van der Waals surface area contributed by atoms with Gasteiger partial charge in [0.2, 0.25) is 5.91 Å². The molecule has 0 saturated carbocycles. The number of aromatic nitrogens is 1. The normalized spacial score (nSPS) is 12.5. The summed E-state index contributed by atoms with van der Waals surface area (Å²) in [6, 6.07) is 7.56. The molecule has 100 valence electrons. The van der Waals surface area contributed by atoms with Crippen molar-refractivity contribution < 1.29 is 14.7 Å². The summed E-state index contributed by atoms with van der Waals surface area (Å²) >= 11 is 0. The maximum Gasteiger partial charge on any atom is 0.307 e. The number of hydrogen-bond donors (Lipinski definition) is 2. The van der Waals surface area contributed by atoms with E-state index in [2.05, 4.69) is 0 Å². The van der Waals surface area contributed by atoms with Crippen LogP contribution in [0.2, 0.25) is 0 Å². The van der Waals surface area contributed by atoms with Gasteiger partial charge in [0.05, 0.1) is 12.3 Å². The summed E-state index contributed by atoms with van der Waals surface area (Å²) in [5, 5.41) is 9.83. The number of carboxylic acids is 1. The predicted molar refractivity (Wildman–Crippen MR) is 71.6 cm³/mol. The molecule has 1 aromatic heterocycles. The molecule has 0 radical (unpaired) electrons. The molecule has 0 fully saturated rings. The van der Waals surface area contributed by atoms with Gasteiger partial charge in [-0.25, -0.2) is 0 Å². The van der Waals surface area contributed by atoms with Gasteiger partial charge in [0.25, 0.3) is 0 Å². The summed E-state index contributed by atoms with van der Waals surface area (Å²) < 4.78 is 1.89. The maximum atomic E-state index is 11.1. The van der Waals surface area contributed by atoms with Crippen molar-refractivity contribution in [2.75, 3.05) is 0 Å². The van der Waals surface area contributed by atoms with Crippen LogP contribution in [0, 0.1) is 5.92 Å². The number of amides is 1. The lowest BCUT2D eigenvalue weighted by molar-refractivity contribution is -0.136. The summed E-state index contributed by atoms with van der Waals surface area (Å²) in [4.78, 5) is 22.0. The largest absolute Gasteiger partial charge is 0.481 e. The first-order chi connectivity index (χ1) is 8.99. The minimum absolute atomic E-state index is 0.0293. The van der Waals surface area contributed by atoms with Crippen LogP contribution in [0.1, 0.15) is 12.5 Å². The Balaban J connectivity index is 2.44. The maximum absolute atomic E-state index is 11.1. The number of primary amides is 1. The van der Waals surface area contributed by atoms with Crippen molar-refractivity contribution in [1.29, 1.82) is 0 Å². The summed E-state index contributed by atoms with van der Waals surface area (Å²) in [5.41, 5.74) is 6.94. The van der Waals surface area contributed by atoms with Crippen LogP contribution in [-0.2, 0) is 22.6 Å². The Morgan fingerprint density at radius 1 is 1.37 bits per heavy atom. The predicted octanol–water partition coefficient (Wildman–Crippen LogP) is 1.39. The molecule has 3 N–H and O–H groups in total. The molecular formula is C14H16N2O3. The van der Waals surface area contributed by atoms with Crippen molar-refractivity contribution in [3.05, 3.63) is 36.0 Å². The third kappa shape index (κ3) is 2.76. The SMILES string of the molecule is CC(Cn1cc(CC(=O)O)c2ccccc21)C(N)=O. The third-order valence-electron chi connectivity index (χ3n) is 3.17. The molecule has 1 amide bonds. The smallest absolute Gasteiger partial charge is 0.307 e. The van der Waals surface area contributed by atoms with E-state index in [1.165, 1.54) is 0 Å². The Morgan fingerprint density at radius 3 is 2.68 bits per heavy atom. The molecule has 2 rings (SSSR count). The molecule has 0 bridgehead atoms. The molecular weight excluding hydrogens is 244 g/mol. The van der Waals surface area contributed by atoms with Crippen LogP contribution < -0.4 is 5.73 Å². The number of carboxylic acid groups (broad SMARTS) is 1. The van der Waals surface area contributed by atoms with Crippen LogP contribution >= 0.6 is 0 Å². The van der Waals surface area contributed by atoms with Gasteiger partial charge < -0.3 is 15.4 Å². The quantitative estimate of drug-likeness (QED) is 0.851. The molecule has 1 unspecified atom stereocenters. The minimum atomic E-state index is -0.870. The lowest BCUT2D eigenvalue weighted by Crippen LogP contribution is -2.24. The molecule has 1 atom stereocenters. The molecule has 1 heterocycles. The lowest BCUT2D eigenvalue weighted by Gasteiger charge is -2.09. The van der Waals surface area contributed by atoms with E-state index in [0.29, 0.717) is 6.54 Å². The van der Waals surface area contributed by atoms with Crippen LogP contribution in [0.25, 0.3) is 10.9 Å². The van der Waals surface area contributed by atoms with Crippen molar-refractivity contribution in [1.82, 2.24) is 4.57 Å². The van der Waals surface area contributed by atoms with Gasteiger partial charge in [0, 0.05) is 23.6 Å². The highest BCUT2D eigenvalue weighted by Crippen LogP contribution is 2.22. The Labute approximate surface area is 110 Å². The van der Waals surface area contributed by atoms with Gasteiger partial charge in [-0.05, 0) is 11.6 Å². The van der Waals surface area contributed by atoms with E-state index in [1.54, 1.807) is 13.1 Å². The number of para-hydroxylation sites is 1. The first-order valence-corrected chi connectivity index (χ1v) is 6.07. The fourth-order valence-corrected chi connectivity index (χ4v) is 2.16. The number of carbonyl (C=O) groups is 2. The van der Waals surface area contributed by atoms with Crippen LogP contribution in [0.15, 0.2) is 30.5 Å². The van der Waals surface area contributed by atoms with Crippen molar-refractivity contribution in [2.45, 2.75) is 19.9 Å². The highest BCUT2D eigenvalue weighted by Gasteiger charge is 2.14. The van der Waals surface area contributed by atoms with Crippen molar-refractivity contribution in [3.63, 3.8) is 0 Å². The fraction of sp³-hybridized carbons (Fsp3) is 0.286. The second-order valence-corrected chi connectivity index (χ2v) is 4.70. The average molecular weight is 260 g/mol. The van der Waals surface area contributed by atoms with E-state index in [4.69, 9.17) is 10.8 Å². The highest BCUT2D eigenvalue weighted by atomic mass is 16.4. The molecule has 2 aromatic rings. The number of nitrogens with two attached hydrogens (primary N) is 1. The topological polar surface area (TPSA) is 85.3 Å². The zero-order chi connectivity index (χ0) is 14.0. The molecule has 0 aliphatic carbocycles. The Bertz CT molecular complexity index is 631. The van der Waals surface area contributed by atoms with Crippen molar-refractivity contribution >= 4 is 22.8 Å². The highest BCUT2D eigenvalue weighted by molar-refractivity contribution is 5.87. The number of nitrogens with zero attached hydrogens (tertiary/aromatic N) is 1. The van der Waals surface area contributed by atoms with Crippen LogP contribution in [-0.4, -0.2) is 21.6 Å². The van der Waals surface area contributed by atoms with Gasteiger partial charge in [0.1, 0.15) is 0 Å². The first kappa shape index (κ1) is 13.1. The van der Waals surface area contributed by atoms with Gasteiger partial charge in [-0.2, -0.15) is 0 Å². The number of carbonyl (C=O) groups excluding carboxylic acids is 1. The van der Waals surface area contributed by atoms with Gasteiger partial charge in [-0.3, -0.25) is 9.59 Å². The number of hydrogen-bond acceptors (Lipinski definition) is 2. The van der Waals surface area contributed by atoms with Gasteiger partial charge in [-0.15, -0.1) is 0 Å². The van der Waals surface area contributed by atoms with Gasteiger partial charge in [0.15, 0.2) is 0 Å². The number of benzene rings is 1. The summed E-state index contributed by atoms with van der Waals surface area (Å²) in [5.74, 6) is -1.53. The number of aliphatic carboxylic acids is 1. The zero-order valence-electron chi connectivity index (χ0n) is 10.7. The Morgan fingerprint density at radius 2 is 2.05 bits per heavy atom. The van der Waals surface area contributed by atoms with E-state index in [0.717, 1.165) is 16.5 Å². The fourth-order valence-electron chi connectivity index (χ4n) is 2.16.